The number of fused-ring (bicyclic) bond motifs is 1. The van der Waals surface area contributed by atoms with Crippen molar-refractivity contribution in [3.05, 3.63) is 52.8 Å². The van der Waals surface area contributed by atoms with Crippen LogP contribution in [0.3, 0.4) is 0 Å². The van der Waals surface area contributed by atoms with Crippen LogP contribution >= 0.6 is 15.9 Å². The summed E-state index contributed by atoms with van der Waals surface area (Å²) in [5.74, 6) is 0. The quantitative estimate of drug-likeness (QED) is 0.736. The van der Waals surface area contributed by atoms with E-state index in [9.17, 15) is 17.2 Å². The third-order valence-corrected chi connectivity index (χ3v) is 6.06. The first-order valence-corrected chi connectivity index (χ1v) is 8.44. The molecule has 3 rings (SSSR count). The minimum atomic E-state index is -3.78. The van der Waals surface area contributed by atoms with E-state index >= 15 is 0 Å². The predicted octanol–water partition coefficient (Wildman–Crippen LogP) is 4.10. The third kappa shape index (κ3) is 2.42. The molecule has 0 bridgehead atoms. The van der Waals surface area contributed by atoms with Crippen molar-refractivity contribution >= 4 is 36.8 Å². The lowest BCUT2D eigenvalue weighted by atomic mass is 10.3. The molecule has 0 unspecified atom stereocenters. The van der Waals surface area contributed by atoms with Crippen LogP contribution in [0.15, 0.2) is 56.9 Å². The molecule has 114 valence electrons. The van der Waals surface area contributed by atoms with Gasteiger partial charge in [-0.3, -0.25) is 0 Å². The summed E-state index contributed by atoms with van der Waals surface area (Å²) in [4.78, 5) is 6.46. The number of alkyl halides is 2. The van der Waals surface area contributed by atoms with Crippen LogP contribution < -0.4 is 0 Å². The molecule has 0 saturated carbocycles. The second-order valence-electron chi connectivity index (χ2n) is 4.54. The Labute approximate surface area is 133 Å². The topological polar surface area (TPSA) is 62.8 Å². The first-order valence-electron chi connectivity index (χ1n) is 6.16. The van der Waals surface area contributed by atoms with Crippen molar-refractivity contribution in [3.8, 4) is 0 Å². The molecule has 0 atom stereocenters. The minimum absolute atomic E-state index is 0.0639. The normalized spacial score (nSPS) is 12.2. The van der Waals surface area contributed by atoms with Crippen LogP contribution in [-0.4, -0.2) is 18.4 Å². The SMILES string of the molecule is O=S(=O)(c1ccccc1)c1cnc2[nH]c(C(F)F)cc2c1Br. The second kappa shape index (κ2) is 5.44. The van der Waals surface area contributed by atoms with Crippen molar-refractivity contribution in [1.82, 2.24) is 9.97 Å². The largest absolute Gasteiger partial charge is 0.338 e. The van der Waals surface area contributed by atoms with E-state index in [4.69, 9.17) is 0 Å². The number of nitrogens with zero attached hydrogens (tertiary/aromatic N) is 1. The molecule has 0 amide bonds. The van der Waals surface area contributed by atoms with E-state index < -0.39 is 16.3 Å². The number of H-pyrrole nitrogens is 1. The summed E-state index contributed by atoms with van der Waals surface area (Å²) in [6.07, 6.45) is -1.53. The van der Waals surface area contributed by atoms with Crippen LogP contribution in [0, 0.1) is 0 Å². The van der Waals surface area contributed by atoms with Gasteiger partial charge >= 0.3 is 0 Å². The molecule has 2 aromatic heterocycles. The van der Waals surface area contributed by atoms with Crippen LogP contribution in [0.25, 0.3) is 11.0 Å². The highest BCUT2D eigenvalue weighted by atomic mass is 79.9. The van der Waals surface area contributed by atoms with Gasteiger partial charge in [-0.1, -0.05) is 18.2 Å². The molecule has 4 nitrogen and oxygen atoms in total. The highest BCUT2D eigenvalue weighted by molar-refractivity contribution is 9.10. The van der Waals surface area contributed by atoms with Crippen molar-refractivity contribution in [2.75, 3.05) is 0 Å². The van der Waals surface area contributed by atoms with Gasteiger partial charge in [0.05, 0.1) is 10.6 Å². The fourth-order valence-corrected chi connectivity index (χ4v) is 4.43. The van der Waals surface area contributed by atoms with Gasteiger partial charge < -0.3 is 4.98 Å². The molecule has 8 heteroatoms. The van der Waals surface area contributed by atoms with E-state index in [1.807, 2.05) is 0 Å². The molecule has 0 saturated heterocycles. The number of hydrogen-bond donors (Lipinski definition) is 1. The van der Waals surface area contributed by atoms with Gasteiger partial charge in [-0.25, -0.2) is 22.2 Å². The predicted molar refractivity (Wildman–Crippen MR) is 80.6 cm³/mol. The standard InChI is InChI=1S/C14H9BrF2N2O2S/c15-12-9-6-10(13(16)17)19-14(9)18-7-11(12)22(20,21)8-4-2-1-3-5-8/h1-7,13H,(H,18,19). The zero-order chi connectivity index (χ0) is 15.9. The van der Waals surface area contributed by atoms with Crippen molar-refractivity contribution < 1.29 is 17.2 Å². The lowest BCUT2D eigenvalue weighted by molar-refractivity contribution is 0.147. The summed E-state index contributed by atoms with van der Waals surface area (Å²) in [5.41, 5.74) is -0.105. The second-order valence-corrected chi connectivity index (χ2v) is 7.25. The Hall–Kier alpha value is -1.80. The lowest BCUT2D eigenvalue weighted by Gasteiger charge is -2.06. The summed E-state index contributed by atoms with van der Waals surface area (Å²) < 4.78 is 50.9. The highest BCUT2D eigenvalue weighted by Gasteiger charge is 2.24. The number of aromatic nitrogens is 2. The Morgan fingerprint density at radius 1 is 1.18 bits per heavy atom. The summed E-state index contributed by atoms with van der Waals surface area (Å²) in [6, 6.07) is 9.05. The summed E-state index contributed by atoms with van der Waals surface area (Å²) in [5, 5.41) is 0.298. The fourth-order valence-electron chi connectivity index (χ4n) is 2.08. The van der Waals surface area contributed by atoms with Gasteiger partial charge in [-0.05, 0) is 34.1 Å². The Morgan fingerprint density at radius 3 is 2.50 bits per heavy atom. The number of aromatic amines is 1. The van der Waals surface area contributed by atoms with Gasteiger partial charge in [0.15, 0.2) is 0 Å². The average Bonchev–Trinajstić information content (AvgIpc) is 2.93. The fraction of sp³-hybridized carbons (Fsp3) is 0.0714. The Morgan fingerprint density at radius 2 is 1.86 bits per heavy atom. The van der Waals surface area contributed by atoms with E-state index in [1.165, 1.54) is 18.2 Å². The smallest absolute Gasteiger partial charge is 0.278 e. The molecular formula is C14H9BrF2N2O2S. The van der Waals surface area contributed by atoms with Crippen molar-refractivity contribution in [1.29, 1.82) is 0 Å². The van der Waals surface area contributed by atoms with Crippen LogP contribution in [0.2, 0.25) is 0 Å². The van der Waals surface area contributed by atoms with Crippen LogP contribution in [0.1, 0.15) is 12.1 Å². The number of hydrogen-bond acceptors (Lipinski definition) is 3. The van der Waals surface area contributed by atoms with Crippen molar-refractivity contribution in [2.45, 2.75) is 16.2 Å². The van der Waals surface area contributed by atoms with E-state index in [-0.39, 0.29) is 25.6 Å². The van der Waals surface area contributed by atoms with E-state index in [0.717, 1.165) is 6.20 Å². The van der Waals surface area contributed by atoms with Crippen LogP contribution in [0.5, 0.6) is 0 Å². The Kier molecular flexibility index (Phi) is 3.73. The number of nitrogens with one attached hydrogen (secondary N) is 1. The van der Waals surface area contributed by atoms with Gasteiger partial charge in [-0.15, -0.1) is 0 Å². The van der Waals surface area contributed by atoms with Crippen molar-refractivity contribution in [3.63, 3.8) is 0 Å². The van der Waals surface area contributed by atoms with Crippen molar-refractivity contribution in [2.24, 2.45) is 0 Å². The minimum Gasteiger partial charge on any atom is -0.338 e. The first-order chi connectivity index (χ1) is 10.4. The molecule has 1 aromatic carbocycles. The number of pyridine rings is 1. The van der Waals surface area contributed by atoms with Gasteiger partial charge in [0.25, 0.3) is 6.43 Å². The summed E-state index contributed by atoms with van der Waals surface area (Å²) in [6.45, 7) is 0. The van der Waals surface area contributed by atoms with E-state index in [0.29, 0.717) is 5.39 Å². The molecule has 1 N–H and O–H groups in total. The lowest BCUT2D eigenvalue weighted by Crippen LogP contribution is -2.03. The van der Waals surface area contributed by atoms with Crippen LogP contribution in [0.4, 0.5) is 8.78 Å². The maximum absolute atomic E-state index is 12.7. The Balaban J connectivity index is 2.22. The van der Waals surface area contributed by atoms with E-state index in [1.54, 1.807) is 18.2 Å². The zero-order valence-corrected chi connectivity index (χ0v) is 13.3. The monoisotopic (exact) mass is 386 g/mol. The van der Waals surface area contributed by atoms with E-state index in [2.05, 4.69) is 25.9 Å². The Bertz CT molecular complexity index is 940. The molecule has 3 aromatic rings. The molecule has 0 aliphatic rings. The number of rotatable bonds is 3. The number of halogens is 3. The zero-order valence-electron chi connectivity index (χ0n) is 10.9. The number of benzene rings is 1. The van der Waals surface area contributed by atoms with Gasteiger partial charge in [0.2, 0.25) is 9.84 Å². The highest BCUT2D eigenvalue weighted by Crippen LogP contribution is 2.34. The van der Waals surface area contributed by atoms with Gasteiger partial charge in [0, 0.05) is 16.1 Å². The molecule has 0 radical (unpaired) electrons. The maximum atomic E-state index is 12.7. The van der Waals surface area contributed by atoms with Gasteiger partial charge in [-0.2, -0.15) is 0 Å². The third-order valence-electron chi connectivity index (χ3n) is 3.16. The molecule has 0 fully saturated rings. The summed E-state index contributed by atoms with van der Waals surface area (Å²) >= 11 is 3.19. The molecule has 0 spiro atoms. The molecule has 0 aliphatic carbocycles. The molecule has 0 aliphatic heterocycles. The maximum Gasteiger partial charge on any atom is 0.278 e. The molecule has 22 heavy (non-hydrogen) atoms. The first kappa shape index (κ1) is 15.1. The number of sulfone groups is 1. The van der Waals surface area contributed by atoms with Crippen LogP contribution in [-0.2, 0) is 9.84 Å². The summed E-state index contributed by atoms with van der Waals surface area (Å²) in [7, 11) is -3.78. The molecular weight excluding hydrogens is 378 g/mol. The van der Waals surface area contributed by atoms with Gasteiger partial charge in [0.1, 0.15) is 10.5 Å². The average molecular weight is 387 g/mol. The molecule has 2 heterocycles.